The zero-order chi connectivity index (χ0) is 15.9. The highest BCUT2D eigenvalue weighted by Crippen LogP contribution is 2.28. The first kappa shape index (κ1) is 16.2. The van der Waals surface area contributed by atoms with Gasteiger partial charge in [-0.05, 0) is 60.6 Å². The number of aromatic hydroxyl groups is 1. The molecule has 2 aromatic rings. The van der Waals surface area contributed by atoms with Crippen molar-refractivity contribution >= 4 is 0 Å². The Kier molecular flexibility index (Phi) is 5.70. The van der Waals surface area contributed by atoms with Crippen molar-refractivity contribution in [2.75, 3.05) is 14.2 Å². The van der Waals surface area contributed by atoms with Gasteiger partial charge < -0.3 is 14.6 Å². The molecule has 0 aliphatic heterocycles. The second kappa shape index (κ2) is 7.74. The van der Waals surface area contributed by atoms with Gasteiger partial charge in [-0.3, -0.25) is 0 Å². The van der Waals surface area contributed by atoms with Gasteiger partial charge in [0.05, 0.1) is 14.2 Å². The van der Waals surface area contributed by atoms with Crippen LogP contribution in [-0.2, 0) is 12.8 Å². The fourth-order valence-corrected chi connectivity index (χ4v) is 2.64. The van der Waals surface area contributed by atoms with E-state index in [0.29, 0.717) is 11.7 Å². The maximum atomic E-state index is 9.52. The lowest BCUT2D eigenvalue weighted by Crippen LogP contribution is -2.02. The second-order valence-electron chi connectivity index (χ2n) is 5.71. The van der Waals surface area contributed by atoms with E-state index in [-0.39, 0.29) is 0 Å². The molecule has 2 rings (SSSR count). The minimum atomic E-state index is 0.338. The molecule has 0 spiro atoms. The molecule has 1 N–H and O–H groups in total. The largest absolute Gasteiger partial charge is 0.508 e. The van der Waals surface area contributed by atoms with Gasteiger partial charge in [-0.25, -0.2) is 0 Å². The number of benzene rings is 2. The number of methoxy groups -OCH3 is 2. The summed E-state index contributed by atoms with van der Waals surface area (Å²) in [6.07, 6.45) is 3.06. The lowest BCUT2D eigenvalue weighted by atomic mass is 9.94. The monoisotopic (exact) mass is 300 g/mol. The molecule has 0 fully saturated rings. The van der Waals surface area contributed by atoms with Crippen LogP contribution in [0.1, 0.15) is 24.5 Å². The van der Waals surface area contributed by atoms with Gasteiger partial charge in [0.1, 0.15) is 5.75 Å². The predicted molar refractivity (Wildman–Crippen MR) is 88.8 cm³/mol. The maximum Gasteiger partial charge on any atom is 0.160 e. The van der Waals surface area contributed by atoms with E-state index >= 15 is 0 Å². The van der Waals surface area contributed by atoms with Crippen LogP contribution in [0.5, 0.6) is 17.2 Å². The standard InChI is InChI=1S/C19H24O3/c1-14(11-16-5-4-6-17(20)12-16)7-8-15-9-10-18(21-2)19(13-15)22-3/h4-6,9-10,12-14,20H,7-8,11H2,1-3H3/t14-/m0/s1. The molecule has 3 nitrogen and oxygen atoms in total. The van der Waals surface area contributed by atoms with Gasteiger partial charge in [0, 0.05) is 0 Å². The van der Waals surface area contributed by atoms with Crippen LogP contribution in [0.25, 0.3) is 0 Å². The van der Waals surface area contributed by atoms with E-state index in [0.717, 1.165) is 30.8 Å². The Hall–Kier alpha value is -2.16. The van der Waals surface area contributed by atoms with E-state index in [2.05, 4.69) is 19.1 Å². The molecule has 0 aliphatic rings. The Labute approximate surface area is 132 Å². The van der Waals surface area contributed by atoms with Gasteiger partial charge in [0.2, 0.25) is 0 Å². The van der Waals surface area contributed by atoms with Gasteiger partial charge in [0.25, 0.3) is 0 Å². The lowest BCUT2D eigenvalue weighted by Gasteiger charge is -2.13. The Balaban J connectivity index is 1.92. The normalized spacial score (nSPS) is 12.0. The van der Waals surface area contributed by atoms with Crippen molar-refractivity contribution in [1.82, 2.24) is 0 Å². The van der Waals surface area contributed by atoms with Crippen molar-refractivity contribution in [3.8, 4) is 17.2 Å². The molecule has 0 bridgehead atoms. The predicted octanol–water partition coefficient (Wildman–Crippen LogP) is 4.22. The quantitative estimate of drug-likeness (QED) is 0.832. The zero-order valence-electron chi connectivity index (χ0n) is 13.5. The zero-order valence-corrected chi connectivity index (χ0v) is 13.5. The van der Waals surface area contributed by atoms with Crippen molar-refractivity contribution in [3.05, 3.63) is 53.6 Å². The molecule has 0 aliphatic carbocycles. The summed E-state index contributed by atoms with van der Waals surface area (Å²) in [6, 6.07) is 13.6. The van der Waals surface area contributed by atoms with Crippen molar-refractivity contribution in [1.29, 1.82) is 0 Å². The number of phenolic OH excluding ortho intramolecular Hbond substituents is 1. The first-order chi connectivity index (χ1) is 10.6. The van der Waals surface area contributed by atoms with Gasteiger partial charge in [0.15, 0.2) is 11.5 Å². The first-order valence-corrected chi connectivity index (χ1v) is 7.61. The summed E-state index contributed by atoms with van der Waals surface area (Å²) in [5.74, 6) is 2.43. The van der Waals surface area contributed by atoms with E-state index in [1.54, 1.807) is 20.3 Å². The van der Waals surface area contributed by atoms with Gasteiger partial charge in [-0.2, -0.15) is 0 Å². The van der Waals surface area contributed by atoms with Crippen LogP contribution in [-0.4, -0.2) is 19.3 Å². The second-order valence-corrected chi connectivity index (χ2v) is 5.71. The highest BCUT2D eigenvalue weighted by molar-refractivity contribution is 5.42. The van der Waals surface area contributed by atoms with E-state index in [4.69, 9.17) is 9.47 Å². The fourth-order valence-electron chi connectivity index (χ4n) is 2.64. The van der Waals surface area contributed by atoms with Crippen molar-refractivity contribution in [3.63, 3.8) is 0 Å². The lowest BCUT2D eigenvalue weighted by molar-refractivity contribution is 0.354. The minimum absolute atomic E-state index is 0.338. The summed E-state index contributed by atoms with van der Waals surface area (Å²) in [7, 11) is 3.31. The minimum Gasteiger partial charge on any atom is -0.508 e. The number of hydrogen-bond acceptors (Lipinski definition) is 3. The fraction of sp³-hybridized carbons (Fsp3) is 0.368. The summed E-state index contributed by atoms with van der Waals surface area (Å²) in [5.41, 5.74) is 2.43. The number of aryl methyl sites for hydroxylation is 1. The maximum absolute atomic E-state index is 9.52. The Morgan fingerprint density at radius 2 is 1.73 bits per heavy atom. The summed E-state index contributed by atoms with van der Waals surface area (Å²) in [5, 5.41) is 9.52. The molecule has 2 aromatic carbocycles. The van der Waals surface area contributed by atoms with Crippen LogP contribution in [0.4, 0.5) is 0 Å². The van der Waals surface area contributed by atoms with E-state index in [9.17, 15) is 5.11 Å². The molecular formula is C19H24O3. The summed E-state index contributed by atoms with van der Waals surface area (Å²) >= 11 is 0. The Morgan fingerprint density at radius 1 is 0.955 bits per heavy atom. The summed E-state index contributed by atoms with van der Waals surface area (Å²) in [4.78, 5) is 0. The Bertz CT molecular complexity index is 607. The number of rotatable bonds is 7. The summed E-state index contributed by atoms with van der Waals surface area (Å²) < 4.78 is 10.6. The first-order valence-electron chi connectivity index (χ1n) is 7.61. The third kappa shape index (κ3) is 4.42. The van der Waals surface area contributed by atoms with Gasteiger partial charge in [-0.15, -0.1) is 0 Å². The molecule has 3 heteroatoms. The van der Waals surface area contributed by atoms with Crippen molar-refractivity contribution in [2.24, 2.45) is 5.92 Å². The van der Waals surface area contributed by atoms with Crippen LogP contribution in [0.15, 0.2) is 42.5 Å². The van der Waals surface area contributed by atoms with E-state index in [1.807, 2.05) is 24.3 Å². The summed E-state index contributed by atoms with van der Waals surface area (Å²) in [6.45, 7) is 2.24. The third-order valence-electron chi connectivity index (χ3n) is 3.87. The van der Waals surface area contributed by atoms with Crippen LogP contribution in [0.2, 0.25) is 0 Å². The van der Waals surface area contributed by atoms with Gasteiger partial charge in [-0.1, -0.05) is 25.1 Å². The van der Waals surface area contributed by atoms with Crippen LogP contribution in [0.3, 0.4) is 0 Å². The molecule has 118 valence electrons. The number of hydrogen-bond donors (Lipinski definition) is 1. The SMILES string of the molecule is COc1ccc(CC[C@H](C)Cc2cccc(O)c2)cc1OC. The van der Waals surface area contributed by atoms with E-state index in [1.165, 1.54) is 11.1 Å². The van der Waals surface area contributed by atoms with Crippen LogP contribution < -0.4 is 9.47 Å². The molecule has 1 atom stereocenters. The van der Waals surface area contributed by atoms with Crippen LogP contribution in [0, 0.1) is 5.92 Å². The average Bonchev–Trinajstić information content (AvgIpc) is 2.52. The molecule has 0 unspecified atom stereocenters. The molecular weight excluding hydrogens is 276 g/mol. The molecule has 0 amide bonds. The van der Waals surface area contributed by atoms with Gasteiger partial charge >= 0.3 is 0 Å². The smallest absolute Gasteiger partial charge is 0.160 e. The Morgan fingerprint density at radius 3 is 2.41 bits per heavy atom. The van der Waals surface area contributed by atoms with E-state index < -0.39 is 0 Å². The third-order valence-corrected chi connectivity index (χ3v) is 3.87. The number of phenols is 1. The topological polar surface area (TPSA) is 38.7 Å². The van der Waals surface area contributed by atoms with Crippen molar-refractivity contribution < 1.29 is 14.6 Å². The molecule has 0 heterocycles. The molecule has 0 saturated heterocycles. The average molecular weight is 300 g/mol. The highest BCUT2D eigenvalue weighted by Gasteiger charge is 2.08. The van der Waals surface area contributed by atoms with Crippen molar-refractivity contribution in [2.45, 2.75) is 26.2 Å². The highest BCUT2D eigenvalue weighted by atomic mass is 16.5. The molecule has 0 radical (unpaired) electrons. The number of ether oxygens (including phenoxy) is 2. The molecule has 0 aromatic heterocycles. The molecule has 0 saturated carbocycles. The molecule has 22 heavy (non-hydrogen) atoms. The van der Waals surface area contributed by atoms with Crippen LogP contribution >= 0.6 is 0 Å².